The molecule has 0 bridgehead atoms. The standard InChI is InChI=1S/C12H26N2O/c1-6-9(3)8-14(5)12(15)11(13)10(4)7-2/h9-11H,6-8,13H2,1-5H3/t9?,10-,11-/m0/s1. The Balaban J connectivity index is 4.19. The lowest BCUT2D eigenvalue weighted by molar-refractivity contribution is -0.132. The van der Waals surface area contributed by atoms with Crippen molar-refractivity contribution in [1.82, 2.24) is 4.90 Å². The Hall–Kier alpha value is -0.570. The van der Waals surface area contributed by atoms with Crippen molar-refractivity contribution in [2.24, 2.45) is 17.6 Å². The van der Waals surface area contributed by atoms with E-state index in [4.69, 9.17) is 5.73 Å². The molecule has 0 fully saturated rings. The van der Waals surface area contributed by atoms with Gasteiger partial charge in [-0.3, -0.25) is 4.79 Å². The van der Waals surface area contributed by atoms with Crippen LogP contribution in [0.4, 0.5) is 0 Å². The van der Waals surface area contributed by atoms with Crippen LogP contribution >= 0.6 is 0 Å². The highest BCUT2D eigenvalue weighted by atomic mass is 16.2. The van der Waals surface area contributed by atoms with Crippen LogP contribution < -0.4 is 5.73 Å². The summed E-state index contributed by atoms with van der Waals surface area (Å²) >= 11 is 0. The average Bonchev–Trinajstić information content (AvgIpc) is 2.25. The molecule has 0 aromatic rings. The number of carbonyl (C=O) groups excluding carboxylic acids is 1. The van der Waals surface area contributed by atoms with Gasteiger partial charge in [0, 0.05) is 13.6 Å². The van der Waals surface area contributed by atoms with Gasteiger partial charge in [0.05, 0.1) is 6.04 Å². The molecule has 1 amide bonds. The molecule has 0 radical (unpaired) electrons. The van der Waals surface area contributed by atoms with Gasteiger partial charge in [-0.1, -0.05) is 40.5 Å². The highest BCUT2D eigenvalue weighted by Crippen LogP contribution is 2.09. The van der Waals surface area contributed by atoms with Crippen LogP contribution in [0.2, 0.25) is 0 Å². The first-order valence-corrected chi connectivity index (χ1v) is 5.94. The maximum Gasteiger partial charge on any atom is 0.239 e. The third-order valence-electron chi connectivity index (χ3n) is 3.20. The van der Waals surface area contributed by atoms with Crippen molar-refractivity contribution in [3.05, 3.63) is 0 Å². The van der Waals surface area contributed by atoms with Crippen LogP contribution in [0.15, 0.2) is 0 Å². The lowest BCUT2D eigenvalue weighted by Crippen LogP contribution is -2.46. The van der Waals surface area contributed by atoms with Gasteiger partial charge in [-0.25, -0.2) is 0 Å². The first kappa shape index (κ1) is 14.4. The van der Waals surface area contributed by atoms with Crippen molar-refractivity contribution in [3.8, 4) is 0 Å². The first-order valence-electron chi connectivity index (χ1n) is 5.94. The minimum absolute atomic E-state index is 0.0738. The summed E-state index contributed by atoms with van der Waals surface area (Å²) in [7, 11) is 1.84. The van der Waals surface area contributed by atoms with Gasteiger partial charge in [-0.05, 0) is 11.8 Å². The quantitative estimate of drug-likeness (QED) is 0.733. The molecule has 0 aromatic carbocycles. The molecular formula is C12H26N2O. The third kappa shape index (κ3) is 4.65. The van der Waals surface area contributed by atoms with E-state index in [1.165, 1.54) is 0 Å². The van der Waals surface area contributed by atoms with Crippen molar-refractivity contribution >= 4 is 5.91 Å². The summed E-state index contributed by atoms with van der Waals surface area (Å²) in [6.45, 7) is 9.18. The van der Waals surface area contributed by atoms with E-state index in [-0.39, 0.29) is 17.9 Å². The molecule has 0 aromatic heterocycles. The van der Waals surface area contributed by atoms with Crippen LogP contribution in [0, 0.1) is 11.8 Å². The second kappa shape index (κ2) is 6.83. The molecule has 0 aliphatic heterocycles. The van der Waals surface area contributed by atoms with Crippen LogP contribution in [0.5, 0.6) is 0 Å². The molecule has 0 aliphatic carbocycles. The van der Waals surface area contributed by atoms with E-state index in [9.17, 15) is 4.79 Å². The van der Waals surface area contributed by atoms with Gasteiger partial charge < -0.3 is 10.6 Å². The number of nitrogens with zero attached hydrogens (tertiary/aromatic N) is 1. The Kier molecular flexibility index (Phi) is 6.57. The summed E-state index contributed by atoms with van der Waals surface area (Å²) in [6, 6.07) is -0.343. The number of likely N-dealkylation sites (N-methyl/N-ethyl adjacent to an activating group) is 1. The average molecular weight is 214 g/mol. The lowest BCUT2D eigenvalue weighted by Gasteiger charge is -2.26. The summed E-state index contributed by atoms with van der Waals surface area (Å²) in [5.74, 6) is 0.879. The smallest absolute Gasteiger partial charge is 0.239 e. The van der Waals surface area contributed by atoms with E-state index in [0.29, 0.717) is 5.92 Å². The molecule has 0 heterocycles. The fourth-order valence-electron chi connectivity index (χ4n) is 1.44. The van der Waals surface area contributed by atoms with E-state index >= 15 is 0 Å². The van der Waals surface area contributed by atoms with E-state index in [2.05, 4.69) is 20.8 Å². The van der Waals surface area contributed by atoms with Gasteiger partial charge in [-0.15, -0.1) is 0 Å². The molecule has 1 unspecified atom stereocenters. The van der Waals surface area contributed by atoms with E-state index in [1.807, 2.05) is 14.0 Å². The predicted octanol–water partition coefficient (Wildman–Crippen LogP) is 1.86. The molecule has 0 saturated heterocycles. The van der Waals surface area contributed by atoms with E-state index in [1.54, 1.807) is 4.90 Å². The summed E-state index contributed by atoms with van der Waals surface area (Å²) in [4.78, 5) is 13.7. The zero-order valence-corrected chi connectivity index (χ0v) is 10.8. The zero-order valence-electron chi connectivity index (χ0n) is 10.8. The van der Waals surface area contributed by atoms with Gasteiger partial charge in [-0.2, -0.15) is 0 Å². The van der Waals surface area contributed by atoms with Gasteiger partial charge in [0.15, 0.2) is 0 Å². The Bertz CT molecular complexity index is 194. The number of amides is 1. The fraction of sp³-hybridized carbons (Fsp3) is 0.917. The number of hydrogen-bond donors (Lipinski definition) is 1. The SMILES string of the molecule is CCC(C)CN(C)C(=O)[C@@H](N)[C@@H](C)CC. The Morgan fingerprint density at radius 3 is 2.20 bits per heavy atom. The third-order valence-corrected chi connectivity index (χ3v) is 3.20. The largest absolute Gasteiger partial charge is 0.344 e. The molecule has 3 nitrogen and oxygen atoms in total. The Morgan fingerprint density at radius 1 is 1.27 bits per heavy atom. The lowest BCUT2D eigenvalue weighted by atomic mass is 9.98. The number of carbonyl (C=O) groups is 1. The predicted molar refractivity (Wildman–Crippen MR) is 64.5 cm³/mol. The monoisotopic (exact) mass is 214 g/mol. The molecule has 90 valence electrons. The molecular weight excluding hydrogens is 188 g/mol. The van der Waals surface area contributed by atoms with Crippen LogP contribution in [0.3, 0.4) is 0 Å². The maximum atomic E-state index is 11.9. The summed E-state index contributed by atoms with van der Waals surface area (Å²) in [6.07, 6.45) is 2.04. The molecule has 0 rings (SSSR count). The van der Waals surface area contributed by atoms with Crippen molar-refractivity contribution in [2.75, 3.05) is 13.6 Å². The van der Waals surface area contributed by atoms with Crippen molar-refractivity contribution < 1.29 is 4.79 Å². The second-order valence-corrected chi connectivity index (χ2v) is 4.64. The van der Waals surface area contributed by atoms with Crippen LogP contribution in [-0.2, 0) is 4.79 Å². The van der Waals surface area contributed by atoms with Crippen molar-refractivity contribution in [1.29, 1.82) is 0 Å². The summed E-state index contributed by atoms with van der Waals surface area (Å²) < 4.78 is 0. The van der Waals surface area contributed by atoms with Crippen LogP contribution in [-0.4, -0.2) is 30.4 Å². The van der Waals surface area contributed by atoms with Gasteiger partial charge in [0.25, 0.3) is 0 Å². The molecule has 0 saturated carbocycles. The van der Waals surface area contributed by atoms with E-state index < -0.39 is 0 Å². The maximum absolute atomic E-state index is 11.9. The molecule has 0 spiro atoms. The van der Waals surface area contributed by atoms with Gasteiger partial charge in [0.1, 0.15) is 0 Å². The molecule has 15 heavy (non-hydrogen) atoms. The molecule has 3 heteroatoms. The second-order valence-electron chi connectivity index (χ2n) is 4.64. The first-order chi connectivity index (χ1) is 6.93. The Labute approximate surface area is 94.0 Å². The summed E-state index contributed by atoms with van der Waals surface area (Å²) in [5.41, 5.74) is 5.90. The molecule has 3 atom stereocenters. The molecule has 0 aliphatic rings. The minimum atomic E-state index is -0.343. The van der Waals surface area contributed by atoms with Gasteiger partial charge in [0.2, 0.25) is 5.91 Å². The fourth-order valence-corrected chi connectivity index (χ4v) is 1.44. The topological polar surface area (TPSA) is 46.3 Å². The van der Waals surface area contributed by atoms with Crippen LogP contribution in [0.25, 0.3) is 0 Å². The summed E-state index contributed by atoms with van der Waals surface area (Å²) in [5, 5.41) is 0. The highest BCUT2D eigenvalue weighted by molar-refractivity contribution is 5.81. The van der Waals surface area contributed by atoms with Crippen molar-refractivity contribution in [3.63, 3.8) is 0 Å². The minimum Gasteiger partial charge on any atom is -0.344 e. The number of rotatable bonds is 6. The highest BCUT2D eigenvalue weighted by Gasteiger charge is 2.23. The number of hydrogen-bond acceptors (Lipinski definition) is 2. The number of nitrogens with two attached hydrogens (primary N) is 1. The zero-order chi connectivity index (χ0) is 12.0. The van der Waals surface area contributed by atoms with Crippen molar-refractivity contribution in [2.45, 2.75) is 46.6 Å². The van der Waals surface area contributed by atoms with Gasteiger partial charge >= 0.3 is 0 Å². The van der Waals surface area contributed by atoms with E-state index in [0.717, 1.165) is 19.4 Å². The van der Waals surface area contributed by atoms with Crippen LogP contribution in [0.1, 0.15) is 40.5 Å². The Morgan fingerprint density at radius 2 is 1.80 bits per heavy atom. The molecule has 2 N–H and O–H groups in total. The normalized spacial score (nSPS) is 16.9.